The van der Waals surface area contributed by atoms with E-state index in [2.05, 4.69) is 187 Å². The van der Waals surface area contributed by atoms with Gasteiger partial charge in [-0.3, -0.25) is 33.9 Å². The van der Waals surface area contributed by atoms with Crippen LogP contribution in [0.5, 0.6) is 0 Å². The fourth-order valence-corrected chi connectivity index (χ4v) is 19.2. The SMILES string of the molecule is CC(C)(C)c1cccc(N)c1.CC(C)(C)c1cccc(NC(=O)[C@H]2CCCN[C@H]2C2CCCC2)c1.CC(C)(C)c1cccc(NC(=O)c2cccnc2C2CCCC2)c1.COC(=O)c1cccnc1C1CCCC1.COC(=O)c1cccnc1Cl.Cc1ccccc1C(=O)Cl.Cc1ccccc1C(=O)N1CCC[C@H](C(=O)Nc2cccc(C(C)(C)C)c2)[C@@H]1C1CCCC1.[CH-]1CCCC1.[Zn+][Br]. The molecule has 0 radical (unpaired) electrons. The second-order valence-electron chi connectivity index (χ2n) is 40.5. The van der Waals surface area contributed by atoms with Crippen LogP contribution < -0.4 is 27.0 Å². The van der Waals surface area contributed by atoms with Gasteiger partial charge in [-0.05, 0) is 273 Å². The van der Waals surface area contributed by atoms with E-state index < -0.39 is 11.2 Å². The van der Waals surface area contributed by atoms with Crippen molar-refractivity contribution in [3.05, 3.63) is 285 Å². The summed E-state index contributed by atoms with van der Waals surface area (Å²) in [6.07, 6.45) is 36.1. The number of nitrogens with zero attached hydrogens (tertiary/aromatic N) is 4. The van der Waals surface area contributed by atoms with E-state index in [4.69, 9.17) is 33.7 Å². The molecule has 4 amide bonds. The molecule has 16 rings (SSSR count). The average Bonchev–Trinajstić information content (AvgIpc) is 1.75. The number of nitrogens with one attached hydrogen (secondary N) is 4. The van der Waals surface area contributed by atoms with Gasteiger partial charge in [0.1, 0.15) is 5.15 Å². The van der Waals surface area contributed by atoms with Crippen LogP contribution in [0.3, 0.4) is 0 Å². The number of carbonyl (C=O) groups excluding carboxylic acids is 7. The van der Waals surface area contributed by atoms with Gasteiger partial charge in [0, 0.05) is 82.9 Å². The normalized spacial score (nSPS) is 17.8. The van der Waals surface area contributed by atoms with Crippen molar-refractivity contribution in [3.8, 4) is 0 Å². The van der Waals surface area contributed by atoms with Crippen molar-refractivity contribution < 1.29 is 59.4 Å². The zero-order chi connectivity index (χ0) is 98.4. The Hall–Kier alpha value is -9.30. The number of amides is 4. The first-order valence-electron chi connectivity index (χ1n) is 48.7. The second kappa shape index (κ2) is 55.3. The number of pyridine rings is 3. The Morgan fingerprint density at radius 1 is 0.437 bits per heavy atom. The number of halogens is 3. The summed E-state index contributed by atoms with van der Waals surface area (Å²) >= 11 is 15.1. The molecule has 722 valence electrons. The second-order valence-corrected chi connectivity index (χ2v) is 41.2. The minimum absolute atomic E-state index is 0.0225. The van der Waals surface area contributed by atoms with Crippen molar-refractivity contribution in [2.75, 3.05) is 49.0 Å². The molecule has 0 spiro atoms. The summed E-state index contributed by atoms with van der Waals surface area (Å²) in [6, 6.07) is 58.5. The molecule has 2 aliphatic heterocycles. The van der Waals surface area contributed by atoms with Crippen LogP contribution in [0, 0.1) is 43.9 Å². The molecule has 9 aromatic rings. The first kappa shape index (κ1) is 111. The third-order valence-corrected chi connectivity index (χ3v) is 26.9. The van der Waals surface area contributed by atoms with Crippen LogP contribution >= 0.6 is 36.8 Å². The summed E-state index contributed by atoms with van der Waals surface area (Å²) in [6.45, 7) is 31.9. The third-order valence-electron chi connectivity index (χ3n) is 26.4. The van der Waals surface area contributed by atoms with Crippen molar-refractivity contribution in [3.63, 3.8) is 0 Å². The molecular formula is C113H148BrCl2N9O9Zn. The number of esters is 2. The van der Waals surface area contributed by atoms with Gasteiger partial charge in [-0.25, -0.2) is 14.6 Å². The summed E-state index contributed by atoms with van der Waals surface area (Å²) < 4.78 is 9.21. The van der Waals surface area contributed by atoms with Gasteiger partial charge in [0.05, 0.1) is 54.1 Å². The molecule has 5 aliphatic carbocycles. The number of aryl methyl sites for hydroxylation is 2. The quantitative estimate of drug-likeness (QED) is 0.0170. The van der Waals surface area contributed by atoms with Crippen molar-refractivity contribution in [2.45, 2.75) is 297 Å². The van der Waals surface area contributed by atoms with Gasteiger partial charge in [0.25, 0.3) is 17.1 Å². The molecule has 5 heterocycles. The van der Waals surface area contributed by atoms with E-state index in [0.717, 1.165) is 128 Å². The van der Waals surface area contributed by atoms with Gasteiger partial charge in [0.2, 0.25) is 11.8 Å². The number of rotatable bonds is 14. The number of benzene rings is 6. The zero-order valence-electron chi connectivity index (χ0n) is 83.0. The standard InChI is InChI=1S/C29H38N2O2.C21H32N2O.C21H26N2O.C12H15NO2.C10H15N.C8H7ClO.C7H6ClNO2.C5H9.BrH.Zn/c1-20-11-5-8-16-24(20)28(33)31-18-10-17-25(26(31)21-12-6-7-13-21)27(32)30-23-15-9-14-22(19-23)29(2,3)4;2*1-21(2,3)16-10-6-11-17(14-16)23-20(24)18-12-7-13-22-19(18)15-8-4-5-9-15;1-15-12(14)10-7-4-8-13-11(10)9-5-2-3-6-9;1-10(2,3)8-5-4-6-9(11)7-8;1-6-4-2-3-5-7(6)8(9)10;1-11-7(10)5-3-2-4-9-6(5)8;1-2-4-5-3-1;;/h5,8-9,11,14-16,19,21,25-26H,6-7,10,12-13,17-18H2,1-4H3,(H,30,32);6,10-11,14-15,18-19,22H,4-5,7-9,12-13H2,1-3H3,(H,23,24);6-7,10-15H,4-5,8-9H2,1-3H3,(H,23,24);4,7-9H,2-3,5-6H2,1H3;4-7H,11H2,1-3H3;2-5H,1H3;2-4H,1H3;1H,2-5H2;1H;/q;;;;;;;-1;;+2/p-1/t25-,26-;18-,19-;;;;;;;;/m00......../s1. The number of nitrogen functional groups attached to an aromatic ring is 1. The van der Waals surface area contributed by atoms with Crippen molar-refractivity contribution in [2.24, 2.45) is 23.7 Å². The average molecular weight is 1990 g/mol. The van der Waals surface area contributed by atoms with Crippen molar-refractivity contribution >= 4 is 100 Å². The van der Waals surface area contributed by atoms with Gasteiger partial charge in [0.15, 0.2) is 0 Å². The van der Waals surface area contributed by atoms with Gasteiger partial charge in [-0.2, -0.15) is 12.8 Å². The Morgan fingerprint density at radius 2 is 0.830 bits per heavy atom. The third kappa shape index (κ3) is 35.0. The molecule has 4 atom stereocenters. The van der Waals surface area contributed by atoms with Crippen molar-refractivity contribution in [1.29, 1.82) is 0 Å². The molecule has 7 fully saturated rings. The van der Waals surface area contributed by atoms with E-state index in [0.29, 0.717) is 46.4 Å². The zero-order valence-corrected chi connectivity index (χ0v) is 89.1. The van der Waals surface area contributed by atoms with Crippen molar-refractivity contribution in [1.82, 2.24) is 25.2 Å². The number of aromatic nitrogens is 3. The van der Waals surface area contributed by atoms with Crippen LogP contribution in [0.4, 0.5) is 22.7 Å². The summed E-state index contributed by atoms with van der Waals surface area (Å²) in [5.74, 6) is 1.42. The first-order valence-corrected chi connectivity index (χ1v) is 56.4. The minimum atomic E-state index is -0.469. The number of nitrogens with two attached hydrogens (primary N) is 1. The van der Waals surface area contributed by atoms with Gasteiger partial charge in [-0.15, -0.1) is 0 Å². The van der Waals surface area contributed by atoms with Crippen LogP contribution in [0.25, 0.3) is 0 Å². The maximum atomic E-state index is 13.7. The topological polar surface area (TPSA) is 254 Å². The van der Waals surface area contributed by atoms with E-state index in [1.54, 1.807) is 48.8 Å². The number of hydrogen-bond acceptors (Lipinski definition) is 14. The molecule has 0 bridgehead atoms. The molecule has 18 nitrogen and oxygen atoms in total. The Kier molecular flexibility index (Phi) is 45.5. The van der Waals surface area contributed by atoms with Crippen LogP contribution in [-0.4, -0.2) is 100 Å². The van der Waals surface area contributed by atoms with Gasteiger partial charge in [-0.1, -0.05) is 244 Å². The summed E-state index contributed by atoms with van der Waals surface area (Å²) in [4.78, 5) is 101. The van der Waals surface area contributed by atoms with E-state index >= 15 is 0 Å². The predicted octanol–water partition coefficient (Wildman–Crippen LogP) is 27.7. The predicted molar refractivity (Wildman–Crippen MR) is 553 cm³/mol. The Bertz CT molecular complexity index is 5240. The molecule has 22 heteroatoms. The number of methoxy groups -OCH3 is 2. The molecule has 6 aromatic carbocycles. The van der Waals surface area contributed by atoms with E-state index in [9.17, 15) is 33.6 Å². The number of ether oxygens (including phenoxy) is 2. The monoisotopic (exact) mass is 1990 g/mol. The molecular weight excluding hydrogens is 1840 g/mol. The van der Waals surface area contributed by atoms with Crippen LogP contribution in [0.15, 0.2) is 201 Å². The first-order chi connectivity index (χ1) is 64.4. The van der Waals surface area contributed by atoms with Crippen LogP contribution in [0.2, 0.25) is 5.15 Å². The molecule has 2 saturated heterocycles. The molecule has 6 N–H and O–H groups in total. The Morgan fingerprint density at radius 3 is 1.26 bits per heavy atom. The number of hydrogen-bond donors (Lipinski definition) is 5. The van der Waals surface area contributed by atoms with E-state index in [-0.39, 0.29) is 79.9 Å². The van der Waals surface area contributed by atoms with Gasteiger partial charge < -0.3 is 47.8 Å². The molecule has 135 heavy (non-hydrogen) atoms. The maximum absolute atomic E-state index is 13.7. The van der Waals surface area contributed by atoms with Gasteiger partial charge >= 0.3 is 41.9 Å². The molecule has 5 saturated carbocycles. The Labute approximate surface area is 832 Å². The summed E-state index contributed by atoms with van der Waals surface area (Å²) in [5.41, 5.74) is 21.2. The number of piperidine rings is 2. The van der Waals surface area contributed by atoms with Crippen LogP contribution in [0.1, 0.15) is 346 Å². The summed E-state index contributed by atoms with van der Waals surface area (Å²) in [5, 5.41) is 12.9. The number of likely N-dealkylation sites (tertiary alicyclic amines) is 1. The van der Waals surface area contributed by atoms with E-state index in [1.165, 1.54) is 149 Å². The Balaban J connectivity index is 0.000000199. The molecule has 0 unspecified atom stereocenters. The fourth-order valence-electron chi connectivity index (χ4n) is 18.8. The number of anilines is 4. The molecule has 3 aromatic heterocycles. The molecule has 7 aliphatic rings. The van der Waals surface area contributed by atoms with E-state index in [1.807, 2.05) is 122 Å². The number of carbonyl (C=O) groups is 7. The van der Waals surface area contributed by atoms with Crippen LogP contribution in [-0.2, 0) is 57.1 Å². The fraction of sp³-hybridized carbons (Fsp3) is 0.478. The summed E-state index contributed by atoms with van der Waals surface area (Å²) in [7, 11) is 2.71.